The van der Waals surface area contributed by atoms with Crippen LogP contribution in [-0.4, -0.2) is 45.9 Å². The van der Waals surface area contributed by atoms with Gasteiger partial charge in [-0.15, -0.1) is 0 Å². The second-order valence-electron chi connectivity index (χ2n) is 4.24. The van der Waals surface area contributed by atoms with Crippen molar-refractivity contribution in [3.63, 3.8) is 0 Å². The van der Waals surface area contributed by atoms with Crippen LogP contribution in [0.15, 0.2) is 6.07 Å². The Labute approximate surface area is 106 Å². The van der Waals surface area contributed by atoms with E-state index >= 15 is 0 Å². The third-order valence-electron chi connectivity index (χ3n) is 2.43. The van der Waals surface area contributed by atoms with Crippen molar-refractivity contribution in [2.24, 2.45) is 0 Å². The Morgan fingerprint density at radius 1 is 1.17 bits per heavy atom. The smallest absolute Gasteiger partial charge is 0.257 e. The summed E-state index contributed by atoms with van der Waals surface area (Å²) in [5, 5.41) is 7.30. The first-order valence-electron chi connectivity index (χ1n) is 5.66. The van der Waals surface area contributed by atoms with Crippen molar-refractivity contribution in [3.05, 3.63) is 17.5 Å². The Balaban J connectivity index is 2.56. The predicted molar refractivity (Wildman–Crippen MR) is 70.3 cm³/mol. The zero-order valence-corrected chi connectivity index (χ0v) is 11.3. The van der Waals surface area contributed by atoms with Crippen LogP contribution < -0.4 is 10.2 Å². The molecule has 0 spiro atoms. The van der Waals surface area contributed by atoms with Gasteiger partial charge in [0.15, 0.2) is 0 Å². The van der Waals surface area contributed by atoms with E-state index in [2.05, 4.69) is 25.4 Å². The molecular weight excluding hydrogens is 230 g/mol. The Kier molecular flexibility index (Phi) is 3.14. The molecule has 2 heterocycles. The molecule has 0 aliphatic carbocycles. The Morgan fingerprint density at radius 2 is 1.89 bits per heavy atom. The summed E-state index contributed by atoms with van der Waals surface area (Å²) in [5.74, 6) is 1.64. The standard InChI is InChI=1S/C11H17N7/c1-7-6-8(2)18(16-7)11-14-9(12-3)13-10(15-11)17(4)5/h6H,1-5H3,(H,12,13,14,15). The predicted octanol–water partition coefficient (Wildman–Crippen LogP) is 0.782. The quantitative estimate of drug-likeness (QED) is 0.864. The number of nitrogens with one attached hydrogen (secondary N) is 1. The fourth-order valence-corrected chi connectivity index (χ4v) is 1.59. The van der Waals surface area contributed by atoms with Gasteiger partial charge in [-0.05, 0) is 19.9 Å². The highest BCUT2D eigenvalue weighted by atomic mass is 15.4. The molecule has 0 aromatic carbocycles. The highest BCUT2D eigenvalue weighted by Crippen LogP contribution is 2.13. The minimum atomic E-state index is 0.517. The lowest BCUT2D eigenvalue weighted by atomic mass is 10.4. The Bertz CT molecular complexity index is 559. The van der Waals surface area contributed by atoms with Crippen LogP contribution in [-0.2, 0) is 0 Å². The van der Waals surface area contributed by atoms with Crippen molar-refractivity contribution in [3.8, 4) is 5.95 Å². The fraction of sp³-hybridized carbons (Fsp3) is 0.455. The van der Waals surface area contributed by atoms with Crippen LogP contribution >= 0.6 is 0 Å². The van der Waals surface area contributed by atoms with E-state index in [0.29, 0.717) is 17.8 Å². The molecule has 18 heavy (non-hydrogen) atoms. The maximum Gasteiger partial charge on any atom is 0.257 e. The number of rotatable bonds is 3. The van der Waals surface area contributed by atoms with Crippen LogP contribution in [0.25, 0.3) is 5.95 Å². The number of hydrogen-bond acceptors (Lipinski definition) is 6. The van der Waals surface area contributed by atoms with Crippen molar-refractivity contribution in [2.75, 3.05) is 31.4 Å². The van der Waals surface area contributed by atoms with Gasteiger partial charge >= 0.3 is 0 Å². The number of aromatic nitrogens is 5. The summed E-state index contributed by atoms with van der Waals surface area (Å²) in [6.45, 7) is 3.91. The van der Waals surface area contributed by atoms with Crippen LogP contribution in [0, 0.1) is 13.8 Å². The molecule has 0 saturated carbocycles. The average molecular weight is 247 g/mol. The number of aryl methyl sites for hydroxylation is 2. The van der Waals surface area contributed by atoms with Gasteiger partial charge in [0.25, 0.3) is 5.95 Å². The monoisotopic (exact) mass is 247 g/mol. The normalized spacial score (nSPS) is 10.5. The number of hydrogen-bond donors (Lipinski definition) is 1. The second-order valence-corrected chi connectivity index (χ2v) is 4.24. The molecule has 0 aliphatic rings. The molecule has 2 rings (SSSR count). The largest absolute Gasteiger partial charge is 0.357 e. The molecule has 0 unspecified atom stereocenters. The highest BCUT2D eigenvalue weighted by Gasteiger charge is 2.11. The molecule has 0 fully saturated rings. The zero-order valence-electron chi connectivity index (χ0n) is 11.3. The van der Waals surface area contributed by atoms with E-state index in [0.717, 1.165) is 11.4 Å². The maximum absolute atomic E-state index is 4.39. The van der Waals surface area contributed by atoms with Crippen molar-refractivity contribution >= 4 is 11.9 Å². The van der Waals surface area contributed by atoms with Gasteiger partial charge in [-0.25, -0.2) is 4.68 Å². The molecule has 0 bridgehead atoms. The van der Waals surface area contributed by atoms with Gasteiger partial charge in [0.05, 0.1) is 5.69 Å². The van der Waals surface area contributed by atoms with Gasteiger partial charge in [-0.1, -0.05) is 0 Å². The van der Waals surface area contributed by atoms with E-state index in [-0.39, 0.29) is 0 Å². The summed E-state index contributed by atoms with van der Waals surface area (Å²) >= 11 is 0. The molecule has 1 N–H and O–H groups in total. The van der Waals surface area contributed by atoms with E-state index in [9.17, 15) is 0 Å². The summed E-state index contributed by atoms with van der Waals surface area (Å²) in [5.41, 5.74) is 1.93. The first kappa shape index (κ1) is 12.3. The van der Waals surface area contributed by atoms with Gasteiger partial charge in [0, 0.05) is 26.8 Å². The van der Waals surface area contributed by atoms with Gasteiger partial charge in [-0.2, -0.15) is 20.1 Å². The fourth-order valence-electron chi connectivity index (χ4n) is 1.59. The molecule has 0 atom stereocenters. The summed E-state index contributed by atoms with van der Waals surface area (Å²) in [6, 6.07) is 1.98. The van der Waals surface area contributed by atoms with Gasteiger partial charge in [0.2, 0.25) is 11.9 Å². The zero-order chi connectivity index (χ0) is 13.3. The molecule has 0 radical (unpaired) electrons. The summed E-state index contributed by atoms with van der Waals surface area (Å²) in [6.07, 6.45) is 0. The Hall–Kier alpha value is -2.18. The van der Waals surface area contributed by atoms with Crippen molar-refractivity contribution in [1.82, 2.24) is 24.7 Å². The summed E-state index contributed by atoms with van der Waals surface area (Å²) in [7, 11) is 5.55. The van der Waals surface area contributed by atoms with Crippen LogP contribution in [0.4, 0.5) is 11.9 Å². The molecule has 96 valence electrons. The van der Waals surface area contributed by atoms with E-state index < -0.39 is 0 Å². The molecule has 0 amide bonds. The maximum atomic E-state index is 4.39. The number of anilines is 2. The molecule has 2 aromatic heterocycles. The third-order valence-corrected chi connectivity index (χ3v) is 2.43. The van der Waals surface area contributed by atoms with E-state index in [1.54, 1.807) is 11.7 Å². The number of nitrogens with zero attached hydrogens (tertiary/aromatic N) is 6. The van der Waals surface area contributed by atoms with E-state index in [4.69, 9.17) is 0 Å². The topological polar surface area (TPSA) is 71.8 Å². The van der Waals surface area contributed by atoms with E-state index in [1.165, 1.54) is 0 Å². The summed E-state index contributed by atoms with van der Waals surface area (Å²) in [4.78, 5) is 14.8. The van der Waals surface area contributed by atoms with Gasteiger partial charge in [0.1, 0.15) is 0 Å². The minimum Gasteiger partial charge on any atom is -0.357 e. The van der Waals surface area contributed by atoms with Crippen LogP contribution in [0.1, 0.15) is 11.4 Å². The first-order chi connectivity index (χ1) is 8.51. The molecule has 2 aromatic rings. The van der Waals surface area contributed by atoms with Crippen LogP contribution in [0.3, 0.4) is 0 Å². The van der Waals surface area contributed by atoms with Crippen LogP contribution in [0.2, 0.25) is 0 Å². The molecule has 0 saturated heterocycles. The molecular formula is C11H17N7. The highest BCUT2D eigenvalue weighted by molar-refractivity contribution is 5.38. The SMILES string of the molecule is CNc1nc(N(C)C)nc(-n2nc(C)cc2C)n1. The lowest BCUT2D eigenvalue weighted by Gasteiger charge is -2.12. The molecule has 7 nitrogen and oxygen atoms in total. The lowest BCUT2D eigenvalue weighted by molar-refractivity contribution is 0.761. The average Bonchev–Trinajstić information content (AvgIpc) is 2.67. The van der Waals surface area contributed by atoms with Crippen molar-refractivity contribution in [1.29, 1.82) is 0 Å². The van der Waals surface area contributed by atoms with Gasteiger partial charge < -0.3 is 10.2 Å². The third kappa shape index (κ3) is 2.24. The minimum absolute atomic E-state index is 0.517. The van der Waals surface area contributed by atoms with E-state index in [1.807, 2.05) is 38.9 Å². The van der Waals surface area contributed by atoms with Crippen molar-refractivity contribution in [2.45, 2.75) is 13.8 Å². The second kappa shape index (κ2) is 4.59. The van der Waals surface area contributed by atoms with Gasteiger partial charge in [-0.3, -0.25) is 0 Å². The Morgan fingerprint density at radius 3 is 2.39 bits per heavy atom. The molecule has 7 heteroatoms. The van der Waals surface area contributed by atoms with Crippen molar-refractivity contribution < 1.29 is 0 Å². The molecule has 0 aliphatic heterocycles. The lowest BCUT2D eigenvalue weighted by Crippen LogP contribution is -2.17. The first-order valence-corrected chi connectivity index (χ1v) is 5.66. The summed E-state index contributed by atoms with van der Waals surface area (Å²) < 4.78 is 1.71. The van der Waals surface area contributed by atoms with Crippen LogP contribution in [0.5, 0.6) is 0 Å².